The van der Waals surface area contributed by atoms with Crippen LogP contribution in [0.25, 0.3) is 0 Å². The maximum atomic E-state index is 5.77. The third-order valence-corrected chi connectivity index (χ3v) is 3.61. The van der Waals surface area contributed by atoms with Crippen LogP contribution in [0.2, 0.25) is 0 Å². The third kappa shape index (κ3) is 2.33. The van der Waals surface area contributed by atoms with Crippen LogP contribution in [0.15, 0.2) is 6.20 Å². The van der Waals surface area contributed by atoms with Crippen LogP contribution in [0.5, 0.6) is 0 Å². The van der Waals surface area contributed by atoms with Crippen LogP contribution in [-0.2, 0) is 10.3 Å². The molecule has 94 valence electrons. The molecule has 0 aliphatic carbocycles. The molecule has 2 atom stereocenters. The predicted octanol–water partition coefficient (Wildman–Crippen LogP) is 2.09. The lowest BCUT2D eigenvalue weighted by Crippen LogP contribution is -2.25. The van der Waals surface area contributed by atoms with Crippen LogP contribution in [0.4, 0.5) is 0 Å². The molecule has 0 amide bonds. The molecule has 17 heavy (non-hydrogen) atoms. The van der Waals surface area contributed by atoms with Crippen molar-refractivity contribution in [1.82, 2.24) is 15.3 Å². The topological polar surface area (TPSA) is 47.0 Å². The summed E-state index contributed by atoms with van der Waals surface area (Å²) in [4.78, 5) is 9.11. The van der Waals surface area contributed by atoms with Crippen molar-refractivity contribution < 1.29 is 4.74 Å². The molecule has 1 aromatic heterocycles. The lowest BCUT2D eigenvalue weighted by atomic mass is 10.0. The van der Waals surface area contributed by atoms with Crippen molar-refractivity contribution in [3.8, 4) is 0 Å². The van der Waals surface area contributed by atoms with E-state index in [1.165, 1.54) is 0 Å². The minimum atomic E-state index is -0.286. The van der Waals surface area contributed by atoms with E-state index in [2.05, 4.69) is 29.1 Å². The molecule has 1 aliphatic heterocycles. The highest BCUT2D eigenvalue weighted by Gasteiger charge is 2.35. The molecule has 0 spiro atoms. The Bertz CT molecular complexity index is 400. The minimum Gasteiger partial charge on any atom is -0.367 e. The molecule has 2 unspecified atom stereocenters. The molecule has 0 radical (unpaired) electrons. The third-order valence-electron chi connectivity index (χ3n) is 3.61. The largest absolute Gasteiger partial charge is 0.367 e. The summed E-state index contributed by atoms with van der Waals surface area (Å²) in [6.45, 7) is 7.04. The summed E-state index contributed by atoms with van der Waals surface area (Å²) in [5.41, 5.74) is 1.90. The van der Waals surface area contributed by atoms with Gasteiger partial charge in [-0.15, -0.1) is 0 Å². The monoisotopic (exact) mass is 235 g/mol. The van der Waals surface area contributed by atoms with E-state index in [0.29, 0.717) is 0 Å². The van der Waals surface area contributed by atoms with Crippen molar-refractivity contribution in [2.75, 3.05) is 13.7 Å². The maximum absolute atomic E-state index is 5.77. The highest BCUT2D eigenvalue weighted by Crippen LogP contribution is 2.33. The zero-order chi connectivity index (χ0) is 12.5. The van der Waals surface area contributed by atoms with Crippen LogP contribution in [0, 0.1) is 6.92 Å². The molecule has 2 heterocycles. The van der Waals surface area contributed by atoms with Crippen molar-refractivity contribution in [1.29, 1.82) is 0 Å². The number of rotatable bonds is 3. The van der Waals surface area contributed by atoms with Crippen molar-refractivity contribution in [2.24, 2.45) is 0 Å². The second-order valence-electron chi connectivity index (χ2n) is 4.93. The Hall–Kier alpha value is -1.00. The van der Waals surface area contributed by atoms with Gasteiger partial charge in [0, 0.05) is 30.1 Å². The van der Waals surface area contributed by atoms with Gasteiger partial charge in [-0.05, 0) is 40.7 Å². The first-order chi connectivity index (χ1) is 8.07. The summed E-state index contributed by atoms with van der Waals surface area (Å²) >= 11 is 0. The molecule has 1 saturated heterocycles. The van der Waals surface area contributed by atoms with Gasteiger partial charge in [0.2, 0.25) is 0 Å². The van der Waals surface area contributed by atoms with Gasteiger partial charge in [0.25, 0.3) is 0 Å². The Morgan fingerprint density at radius 3 is 2.82 bits per heavy atom. The van der Waals surface area contributed by atoms with Crippen LogP contribution in [-0.4, -0.2) is 23.6 Å². The fourth-order valence-corrected chi connectivity index (χ4v) is 2.27. The number of nitrogens with one attached hydrogen (secondary N) is 1. The highest BCUT2D eigenvalue weighted by atomic mass is 16.5. The lowest BCUT2D eigenvalue weighted by Gasteiger charge is -2.22. The van der Waals surface area contributed by atoms with Gasteiger partial charge in [0.1, 0.15) is 5.60 Å². The molecule has 0 bridgehead atoms. The van der Waals surface area contributed by atoms with Gasteiger partial charge < -0.3 is 10.1 Å². The first-order valence-electron chi connectivity index (χ1n) is 6.22. The summed E-state index contributed by atoms with van der Waals surface area (Å²) in [5.74, 6) is 0.819. The van der Waals surface area contributed by atoms with E-state index in [1.54, 1.807) is 0 Å². The van der Waals surface area contributed by atoms with E-state index in [1.807, 2.05) is 20.2 Å². The molecular weight excluding hydrogens is 214 g/mol. The number of aromatic nitrogens is 2. The molecule has 1 aromatic rings. The molecule has 0 saturated carbocycles. The molecule has 2 rings (SSSR count). The second-order valence-corrected chi connectivity index (χ2v) is 4.93. The average Bonchev–Trinajstić information content (AvgIpc) is 2.76. The molecule has 4 heteroatoms. The van der Waals surface area contributed by atoms with Gasteiger partial charge in [-0.3, -0.25) is 0 Å². The quantitative estimate of drug-likeness (QED) is 0.871. The number of hydrogen-bond acceptors (Lipinski definition) is 4. The van der Waals surface area contributed by atoms with Gasteiger partial charge >= 0.3 is 0 Å². The van der Waals surface area contributed by atoms with Crippen molar-refractivity contribution >= 4 is 0 Å². The van der Waals surface area contributed by atoms with Crippen LogP contribution >= 0.6 is 0 Å². The van der Waals surface area contributed by atoms with Crippen molar-refractivity contribution in [3.05, 3.63) is 23.3 Å². The molecule has 1 aliphatic rings. The van der Waals surface area contributed by atoms with Gasteiger partial charge in [-0.25, -0.2) is 9.97 Å². The summed E-state index contributed by atoms with van der Waals surface area (Å²) in [6, 6.07) is 0.279. The Labute approximate surface area is 103 Å². The summed E-state index contributed by atoms with van der Waals surface area (Å²) in [5, 5.41) is 3.21. The van der Waals surface area contributed by atoms with E-state index in [0.717, 1.165) is 36.5 Å². The fraction of sp³-hybridized carbons (Fsp3) is 0.692. The Morgan fingerprint density at radius 1 is 1.53 bits per heavy atom. The highest BCUT2D eigenvalue weighted by molar-refractivity contribution is 5.21. The first-order valence-corrected chi connectivity index (χ1v) is 6.22. The number of hydrogen-bond donors (Lipinski definition) is 1. The standard InChI is InChI=1S/C13H21N3O/c1-9(14-4)11-8-15-12(16-10(11)2)13(3)6-5-7-17-13/h8-9,14H,5-7H2,1-4H3. The van der Waals surface area contributed by atoms with Gasteiger partial charge in [-0.1, -0.05) is 0 Å². The summed E-state index contributed by atoms with van der Waals surface area (Å²) < 4.78 is 5.77. The number of aryl methyl sites for hydroxylation is 1. The zero-order valence-electron chi connectivity index (χ0n) is 11.1. The van der Waals surface area contributed by atoms with Gasteiger partial charge in [0.15, 0.2) is 5.82 Å². The lowest BCUT2D eigenvalue weighted by molar-refractivity contribution is 0.00913. The van der Waals surface area contributed by atoms with Crippen LogP contribution < -0.4 is 5.32 Å². The molecular formula is C13H21N3O. The number of nitrogens with zero attached hydrogens (tertiary/aromatic N) is 2. The van der Waals surface area contributed by atoms with Gasteiger partial charge in [-0.2, -0.15) is 0 Å². The van der Waals surface area contributed by atoms with Crippen molar-refractivity contribution in [2.45, 2.75) is 45.3 Å². The Balaban J connectivity index is 2.30. The molecule has 0 aromatic carbocycles. The summed E-state index contributed by atoms with van der Waals surface area (Å²) in [7, 11) is 1.94. The van der Waals surface area contributed by atoms with E-state index in [-0.39, 0.29) is 11.6 Å². The molecule has 4 nitrogen and oxygen atoms in total. The van der Waals surface area contributed by atoms with E-state index in [4.69, 9.17) is 4.74 Å². The SMILES string of the molecule is CNC(C)c1cnc(C2(C)CCCO2)nc1C. The van der Waals surface area contributed by atoms with Crippen LogP contribution in [0.1, 0.15) is 49.8 Å². The second kappa shape index (κ2) is 4.70. The maximum Gasteiger partial charge on any atom is 0.160 e. The average molecular weight is 235 g/mol. The van der Waals surface area contributed by atoms with E-state index < -0.39 is 0 Å². The zero-order valence-corrected chi connectivity index (χ0v) is 11.1. The summed E-state index contributed by atoms with van der Waals surface area (Å²) in [6.07, 6.45) is 4.02. The van der Waals surface area contributed by atoms with Crippen LogP contribution in [0.3, 0.4) is 0 Å². The van der Waals surface area contributed by atoms with Gasteiger partial charge in [0.05, 0.1) is 0 Å². The molecule has 1 fully saturated rings. The fourth-order valence-electron chi connectivity index (χ4n) is 2.27. The Kier molecular flexibility index (Phi) is 3.45. The van der Waals surface area contributed by atoms with Crippen molar-refractivity contribution in [3.63, 3.8) is 0 Å². The molecule has 1 N–H and O–H groups in total. The minimum absolute atomic E-state index is 0.279. The normalized spacial score (nSPS) is 26.1. The number of ether oxygens (including phenoxy) is 1. The Morgan fingerprint density at radius 2 is 2.29 bits per heavy atom. The first kappa shape index (κ1) is 12.5. The smallest absolute Gasteiger partial charge is 0.160 e. The van der Waals surface area contributed by atoms with E-state index >= 15 is 0 Å². The van der Waals surface area contributed by atoms with E-state index in [9.17, 15) is 0 Å². The predicted molar refractivity (Wildman–Crippen MR) is 66.8 cm³/mol.